The Hall–Kier alpha value is -2.55. The summed E-state index contributed by atoms with van der Waals surface area (Å²) in [5, 5.41) is 0. The Bertz CT molecular complexity index is 629. The molecule has 0 saturated carbocycles. The van der Waals surface area contributed by atoms with Crippen LogP contribution in [0.3, 0.4) is 0 Å². The number of carbonyl (C=O) groups excluding carboxylic acids is 1. The molecule has 0 aliphatic carbocycles. The first-order chi connectivity index (χ1) is 10.7. The highest BCUT2D eigenvalue weighted by molar-refractivity contribution is 5.91. The summed E-state index contributed by atoms with van der Waals surface area (Å²) in [4.78, 5) is 11.5. The first-order valence-electron chi connectivity index (χ1n) is 7.24. The number of rotatable bonds is 8. The maximum Gasteiger partial charge on any atom is 0.159 e. The van der Waals surface area contributed by atoms with Gasteiger partial charge < -0.3 is 9.47 Å². The van der Waals surface area contributed by atoms with E-state index in [2.05, 4.69) is 6.58 Å². The Morgan fingerprint density at radius 2 is 1.73 bits per heavy atom. The molecule has 0 amide bonds. The molecule has 0 aliphatic rings. The van der Waals surface area contributed by atoms with Crippen LogP contribution in [0.15, 0.2) is 61.2 Å². The van der Waals surface area contributed by atoms with Crippen LogP contribution in [0.2, 0.25) is 0 Å². The van der Waals surface area contributed by atoms with E-state index in [1.807, 2.05) is 55.5 Å². The van der Waals surface area contributed by atoms with Crippen LogP contribution in [0, 0.1) is 6.92 Å². The molecule has 0 heterocycles. The van der Waals surface area contributed by atoms with Crippen molar-refractivity contribution in [3.05, 3.63) is 72.3 Å². The van der Waals surface area contributed by atoms with Gasteiger partial charge in [-0.2, -0.15) is 0 Å². The summed E-state index contributed by atoms with van der Waals surface area (Å²) >= 11 is 0. The maximum absolute atomic E-state index is 11.5. The van der Waals surface area contributed by atoms with Gasteiger partial charge in [0.25, 0.3) is 0 Å². The van der Waals surface area contributed by atoms with Gasteiger partial charge >= 0.3 is 0 Å². The molecule has 2 aromatic rings. The summed E-state index contributed by atoms with van der Waals surface area (Å²) in [5.74, 6) is 1.52. The molecule has 3 heteroatoms. The minimum absolute atomic E-state index is 0.0213. The maximum atomic E-state index is 11.5. The molecule has 0 atom stereocenters. The zero-order valence-electron chi connectivity index (χ0n) is 12.7. The molecule has 0 N–H and O–H groups in total. The molecule has 0 fully saturated rings. The lowest BCUT2D eigenvalue weighted by molar-refractivity contribution is -0.114. The van der Waals surface area contributed by atoms with Crippen LogP contribution < -0.4 is 9.47 Å². The van der Waals surface area contributed by atoms with Gasteiger partial charge in [-0.25, -0.2) is 0 Å². The number of ether oxygens (including phenoxy) is 2. The molecule has 0 unspecified atom stereocenters. The van der Waals surface area contributed by atoms with E-state index in [9.17, 15) is 4.79 Å². The van der Waals surface area contributed by atoms with Gasteiger partial charge in [-0.05, 0) is 31.2 Å². The van der Waals surface area contributed by atoms with Crippen LogP contribution in [-0.4, -0.2) is 19.0 Å². The average molecular weight is 296 g/mol. The van der Waals surface area contributed by atoms with Gasteiger partial charge in [-0.15, -0.1) is 0 Å². The molecule has 114 valence electrons. The van der Waals surface area contributed by atoms with Crippen molar-refractivity contribution in [3.63, 3.8) is 0 Å². The van der Waals surface area contributed by atoms with Crippen molar-refractivity contribution in [2.24, 2.45) is 0 Å². The number of carbonyl (C=O) groups is 1. The zero-order chi connectivity index (χ0) is 15.8. The Morgan fingerprint density at radius 1 is 1.05 bits per heavy atom. The van der Waals surface area contributed by atoms with Crippen LogP contribution in [0.4, 0.5) is 0 Å². The second-order valence-electron chi connectivity index (χ2n) is 4.96. The molecular formula is C19H20O3. The lowest BCUT2D eigenvalue weighted by Gasteiger charge is -2.11. The smallest absolute Gasteiger partial charge is 0.159 e. The van der Waals surface area contributed by atoms with E-state index in [4.69, 9.17) is 9.47 Å². The SMILES string of the molecule is C=CC(=O)Cc1ccccc1OCCOc1ccc(C)cc1. The topological polar surface area (TPSA) is 35.5 Å². The Balaban J connectivity index is 1.85. The highest BCUT2D eigenvalue weighted by Crippen LogP contribution is 2.19. The summed E-state index contributed by atoms with van der Waals surface area (Å²) in [6, 6.07) is 15.4. The van der Waals surface area contributed by atoms with E-state index in [0.717, 1.165) is 11.3 Å². The number of hydrogen-bond donors (Lipinski definition) is 0. The Morgan fingerprint density at radius 3 is 2.45 bits per heavy atom. The van der Waals surface area contributed by atoms with Crippen molar-refractivity contribution in [1.82, 2.24) is 0 Å². The van der Waals surface area contributed by atoms with Gasteiger partial charge in [0.2, 0.25) is 0 Å². The van der Waals surface area contributed by atoms with E-state index in [1.165, 1.54) is 11.6 Å². The third-order valence-electron chi connectivity index (χ3n) is 3.20. The Labute approximate surface area is 131 Å². The molecule has 0 saturated heterocycles. The normalized spacial score (nSPS) is 10.0. The number of benzene rings is 2. The van der Waals surface area contributed by atoms with Crippen LogP contribution in [-0.2, 0) is 11.2 Å². The second-order valence-corrected chi connectivity index (χ2v) is 4.96. The fourth-order valence-electron chi connectivity index (χ4n) is 2.00. The van der Waals surface area contributed by atoms with Gasteiger partial charge in [0.05, 0.1) is 0 Å². The number of allylic oxidation sites excluding steroid dienone is 1. The fraction of sp³-hybridized carbons (Fsp3) is 0.211. The predicted molar refractivity (Wildman–Crippen MR) is 87.5 cm³/mol. The van der Waals surface area contributed by atoms with Gasteiger partial charge in [0.15, 0.2) is 5.78 Å². The summed E-state index contributed by atoms with van der Waals surface area (Å²) in [6.07, 6.45) is 1.63. The van der Waals surface area contributed by atoms with Crippen molar-refractivity contribution in [1.29, 1.82) is 0 Å². The molecule has 2 rings (SSSR count). The van der Waals surface area contributed by atoms with Crippen LogP contribution in [0.1, 0.15) is 11.1 Å². The van der Waals surface area contributed by atoms with Crippen molar-refractivity contribution >= 4 is 5.78 Å². The van der Waals surface area contributed by atoms with Crippen LogP contribution in [0.5, 0.6) is 11.5 Å². The molecule has 0 spiro atoms. The van der Waals surface area contributed by atoms with Gasteiger partial charge in [0.1, 0.15) is 24.7 Å². The van der Waals surface area contributed by atoms with Crippen LogP contribution >= 0.6 is 0 Å². The van der Waals surface area contributed by atoms with E-state index in [1.54, 1.807) is 0 Å². The zero-order valence-corrected chi connectivity index (χ0v) is 12.7. The number of aryl methyl sites for hydroxylation is 1. The standard InChI is InChI=1S/C19H20O3/c1-3-17(20)14-16-6-4-5-7-19(16)22-13-12-21-18-10-8-15(2)9-11-18/h3-11H,1,12-14H2,2H3. The van der Waals surface area contributed by atoms with Crippen molar-refractivity contribution in [3.8, 4) is 11.5 Å². The van der Waals surface area contributed by atoms with E-state index < -0.39 is 0 Å². The quantitative estimate of drug-likeness (QED) is 0.550. The minimum atomic E-state index is -0.0213. The molecule has 22 heavy (non-hydrogen) atoms. The van der Waals surface area contributed by atoms with Gasteiger partial charge in [-0.3, -0.25) is 4.79 Å². The summed E-state index contributed by atoms with van der Waals surface area (Å²) in [5.41, 5.74) is 2.06. The van der Waals surface area contributed by atoms with E-state index in [-0.39, 0.29) is 5.78 Å². The van der Waals surface area contributed by atoms with Gasteiger partial charge in [0, 0.05) is 12.0 Å². The fourth-order valence-corrected chi connectivity index (χ4v) is 2.00. The molecule has 2 aromatic carbocycles. The number of hydrogen-bond acceptors (Lipinski definition) is 3. The third kappa shape index (κ3) is 4.77. The molecule has 0 radical (unpaired) electrons. The summed E-state index contributed by atoms with van der Waals surface area (Å²) < 4.78 is 11.3. The molecular weight excluding hydrogens is 276 g/mol. The molecule has 0 aromatic heterocycles. The monoisotopic (exact) mass is 296 g/mol. The first kappa shape index (κ1) is 15.8. The lowest BCUT2D eigenvalue weighted by Crippen LogP contribution is -2.10. The lowest BCUT2D eigenvalue weighted by atomic mass is 10.1. The molecule has 0 aliphatic heterocycles. The molecule has 3 nitrogen and oxygen atoms in total. The largest absolute Gasteiger partial charge is 0.490 e. The van der Waals surface area contributed by atoms with Gasteiger partial charge in [-0.1, -0.05) is 42.5 Å². The van der Waals surface area contributed by atoms with Crippen LogP contribution in [0.25, 0.3) is 0 Å². The second kappa shape index (κ2) is 8.03. The first-order valence-corrected chi connectivity index (χ1v) is 7.24. The number of ketones is 1. The highest BCUT2D eigenvalue weighted by Gasteiger charge is 2.06. The number of para-hydroxylation sites is 1. The average Bonchev–Trinajstić information content (AvgIpc) is 2.54. The predicted octanol–water partition coefficient (Wildman–Crippen LogP) is 3.75. The minimum Gasteiger partial charge on any atom is -0.490 e. The highest BCUT2D eigenvalue weighted by atomic mass is 16.5. The third-order valence-corrected chi connectivity index (χ3v) is 3.20. The Kier molecular flexibility index (Phi) is 5.78. The van der Waals surface area contributed by atoms with E-state index in [0.29, 0.717) is 25.4 Å². The van der Waals surface area contributed by atoms with Crippen molar-refractivity contribution in [2.75, 3.05) is 13.2 Å². The van der Waals surface area contributed by atoms with Crippen molar-refractivity contribution in [2.45, 2.75) is 13.3 Å². The van der Waals surface area contributed by atoms with E-state index >= 15 is 0 Å². The van der Waals surface area contributed by atoms with Crippen molar-refractivity contribution < 1.29 is 14.3 Å². The molecule has 0 bridgehead atoms. The summed E-state index contributed by atoms with van der Waals surface area (Å²) in [7, 11) is 0. The summed E-state index contributed by atoms with van der Waals surface area (Å²) in [6.45, 7) is 6.40.